The van der Waals surface area contributed by atoms with E-state index >= 15 is 0 Å². The monoisotopic (exact) mass is 288 g/mol. The minimum absolute atomic E-state index is 0.810. The van der Waals surface area contributed by atoms with Crippen molar-refractivity contribution in [3.63, 3.8) is 0 Å². The van der Waals surface area contributed by atoms with E-state index in [2.05, 4.69) is 25.8 Å². The highest BCUT2D eigenvalue weighted by Gasteiger charge is 2.22. The molecule has 1 aromatic rings. The molecule has 2 nitrogen and oxygen atoms in total. The van der Waals surface area contributed by atoms with E-state index in [1.54, 1.807) is 11.3 Å². The highest BCUT2D eigenvalue weighted by molar-refractivity contribution is 9.09. The standard InChI is InChI=1S/C11H17BrN2S/c12-5-6-14(10-3-1-2-4-10)8-11-7-13-9-15-11/h7,9-10H,1-6,8H2. The van der Waals surface area contributed by atoms with Crippen molar-refractivity contribution in [2.24, 2.45) is 0 Å². The van der Waals surface area contributed by atoms with E-state index in [1.807, 2.05) is 11.7 Å². The second-order valence-corrected chi connectivity index (χ2v) is 5.83. The lowest BCUT2D eigenvalue weighted by Crippen LogP contribution is -2.34. The van der Waals surface area contributed by atoms with Gasteiger partial charge < -0.3 is 0 Å². The maximum atomic E-state index is 4.14. The predicted octanol–water partition coefficient (Wildman–Crippen LogP) is 3.28. The van der Waals surface area contributed by atoms with Gasteiger partial charge in [-0.25, -0.2) is 0 Å². The third-order valence-corrected chi connectivity index (χ3v) is 4.17. The topological polar surface area (TPSA) is 16.1 Å². The number of alkyl halides is 1. The lowest BCUT2D eigenvalue weighted by atomic mass is 10.2. The zero-order valence-corrected chi connectivity index (χ0v) is 11.3. The summed E-state index contributed by atoms with van der Waals surface area (Å²) in [7, 11) is 0. The Bertz CT molecular complexity index is 270. The van der Waals surface area contributed by atoms with Crippen LogP contribution in [0.25, 0.3) is 0 Å². The van der Waals surface area contributed by atoms with Crippen LogP contribution in [0, 0.1) is 0 Å². The number of rotatable bonds is 5. The summed E-state index contributed by atoms with van der Waals surface area (Å²) in [5.74, 6) is 0. The van der Waals surface area contributed by atoms with Crippen molar-refractivity contribution in [1.82, 2.24) is 9.88 Å². The summed E-state index contributed by atoms with van der Waals surface area (Å²) in [5.41, 5.74) is 1.93. The number of nitrogens with zero attached hydrogens (tertiary/aromatic N) is 2. The van der Waals surface area contributed by atoms with Gasteiger partial charge in [-0.1, -0.05) is 28.8 Å². The van der Waals surface area contributed by atoms with E-state index in [9.17, 15) is 0 Å². The van der Waals surface area contributed by atoms with Crippen LogP contribution in [0.2, 0.25) is 0 Å². The molecular formula is C11H17BrN2S. The van der Waals surface area contributed by atoms with Gasteiger partial charge in [-0.3, -0.25) is 9.88 Å². The van der Waals surface area contributed by atoms with Crippen molar-refractivity contribution in [3.05, 3.63) is 16.6 Å². The molecule has 1 aromatic heterocycles. The Hall–Kier alpha value is 0.0700. The highest BCUT2D eigenvalue weighted by Crippen LogP contribution is 2.25. The average Bonchev–Trinajstić information content (AvgIpc) is 2.89. The lowest BCUT2D eigenvalue weighted by molar-refractivity contribution is 0.204. The maximum absolute atomic E-state index is 4.14. The summed E-state index contributed by atoms with van der Waals surface area (Å²) in [4.78, 5) is 8.14. The van der Waals surface area contributed by atoms with E-state index in [4.69, 9.17) is 0 Å². The normalized spacial score (nSPS) is 17.7. The summed E-state index contributed by atoms with van der Waals surface area (Å²) >= 11 is 5.32. The summed E-state index contributed by atoms with van der Waals surface area (Å²) in [6.07, 6.45) is 7.58. The van der Waals surface area contributed by atoms with Crippen LogP contribution >= 0.6 is 27.3 Å². The molecule has 0 spiro atoms. The second-order valence-electron chi connectivity index (χ2n) is 4.07. The Morgan fingerprint density at radius 2 is 2.27 bits per heavy atom. The molecule has 4 heteroatoms. The number of hydrogen-bond donors (Lipinski definition) is 0. The van der Waals surface area contributed by atoms with Gasteiger partial charge in [0.15, 0.2) is 0 Å². The van der Waals surface area contributed by atoms with Crippen LogP contribution in [-0.2, 0) is 6.54 Å². The molecule has 1 aliphatic carbocycles. The number of aromatic nitrogens is 1. The van der Waals surface area contributed by atoms with Gasteiger partial charge in [0.1, 0.15) is 0 Å². The van der Waals surface area contributed by atoms with Crippen molar-refractivity contribution in [2.75, 3.05) is 11.9 Å². The van der Waals surface area contributed by atoms with Gasteiger partial charge in [-0.2, -0.15) is 0 Å². The molecule has 0 aliphatic heterocycles. The van der Waals surface area contributed by atoms with Crippen LogP contribution in [0.3, 0.4) is 0 Å². The van der Waals surface area contributed by atoms with Crippen LogP contribution in [0.15, 0.2) is 11.7 Å². The van der Waals surface area contributed by atoms with E-state index in [-0.39, 0.29) is 0 Å². The van der Waals surface area contributed by atoms with Crippen LogP contribution in [0.5, 0.6) is 0 Å². The molecular weight excluding hydrogens is 272 g/mol. The first kappa shape index (κ1) is 11.6. The smallest absolute Gasteiger partial charge is 0.0794 e. The second kappa shape index (κ2) is 5.97. The average molecular weight is 289 g/mol. The fourth-order valence-electron chi connectivity index (χ4n) is 2.29. The van der Waals surface area contributed by atoms with Gasteiger partial charge in [-0.15, -0.1) is 11.3 Å². The Morgan fingerprint density at radius 1 is 1.47 bits per heavy atom. The highest BCUT2D eigenvalue weighted by atomic mass is 79.9. The Morgan fingerprint density at radius 3 is 2.87 bits per heavy atom. The molecule has 1 saturated carbocycles. The van der Waals surface area contributed by atoms with E-state index in [1.165, 1.54) is 30.6 Å². The fourth-order valence-corrected chi connectivity index (χ4v) is 3.36. The predicted molar refractivity (Wildman–Crippen MR) is 68.6 cm³/mol. The maximum Gasteiger partial charge on any atom is 0.0794 e. The third-order valence-electron chi connectivity index (χ3n) is 3.06. The zero-order valence-electron chi connectivity index (χ0n) is 8.86. The number of halogens is 1. The minimum atomic E-state index is 0.810. The molecule has 84 valence electrons. The van der Waals surface area contributed by atoms with Crippen molar-refractivity contribution < 1.29 is 0 Å². The van der Waals surface area contributed by atoms with Gasteiger partial charge in [0.2, 0.25) is 0 Å². The summed E-state index contributed by atoms with van der Waals surface area (Å²) in [5, 5.41) is 1.07. The summed E-state index contributed by atoms with van der Waals surface area (Å²) in [6.45, 7) is 2.24. The summed E-state index contributed by atoms with van der Waals surface area (Å²) < 4.78 is 0. The van der Waals surface area contributed by atoms with Crippen molar-refractivity contribution in [1.29, 1.82) is 0 Å². The molecule has 1 heterocycles. The molecule has 0 amide bonds. The first-order chi connectivity index (χ1) is 7.40. The first-order valence-corrected chi connectivity index (χ1v) is 7.57. The molecule has 2 rings (SSSR count). The van der Waals surface area contributed by atoms with Crippen molar-refractivity contribution >= 4 is 27.3 Å². The zero-order chi connectivity index (χ0) is 10.5. The van der Waals surface area contributed by atoms with Gasteiger partial charge in [0, 0.05) is 35.5 Å². The molecule has 0 radical (unpaired) electrons. The molecule has 0 aromatic carbocycles. The van der Waals surface area contributed by atoms with Crippen LogP contribution in [0.4, 0.5) is 0 Å². The van der Waals surface area contributed by atoms with E-state index < -0.39 is 0 Å². The molecule has 0 unspecified atom stereocenters. The van der Waals surface area contributed by atoms with Crippen LogP contribution in [0.1, 0.15) is 30.6 Å². The van der Waals surface area contributed by atoms with Crippen LogP contribution in [-0.4, -0.2) is 27.8 Å². The molecule has 1 aliphatic rings. The van der Waals surface area contributed by atoms with Gasteiger partial charge in [0.25, 0.3) is 0 Å². The van der Waals surface area contributed by atoms with E-state index in [0.717, 1.165) is 24.5 Å². The Balaban J connectivity index is 1.93. The lowest BCUT2D eigenvalue weighted by Gasteiger charge is -2.27. The summed E-state index contributed by atoms with van der Waals surface area (Å²) in [6, 6.07) is 0.810. The SMILES string of the molecule is BrCCN(Cc1cncs1)C1CCCC1. The third kappa shape index (κ3) is 3.26. The van der Waals surface area contributed by atoms with E-state index in [0.29, 0.717) is 0 Å². The minimum Gasteiger partial charge on any atom is -0.294 e. The Kier molecular flexibility index (Phi) is 4.60. The Labute approximate surface area is 104 Å². The molecule has 0 bridgehead atoms. The quantitative estimate of drug-likeness (QED) is 0.773. The molecule has 15 heavy (non-hydrogen) atoms. The largest absolute Gasteiger partial charge is 0.294 e. The van der Waals surface area contributed by atoms with Gasteiger partial charge in [0.05, 0.1) is 5.51 Å². The van der Waals surface area contributed by atoms with Crippen molar-refractivity contribution in [3.8, 4) is 0 Å². The molecule has 1 fully saturated rings. The molecule has 0 N–H and O–H groups in total. The first-order valence-electron chi connectivity index (χ1n) is 5.57. The van der Waals surface area contributed by atoms with Gasteiger partial charge >= 0.3 is 0 Å². The van der Waals surface area contributed by atoms with Crippen molar-refractivity contribution in [2.45, 2.75) is 38.3 Å². The van der Waals surface area contributed by atoms with Gasteiger partial charge in [-0.05, 0) is 12.8 Å². The fraction of sp³-hybridized carbons (Fsp3) is 0.727. The number of hydrogen-bond acceptors (Lipinski definition) is 3. The molecule has 0 saturated heterocycles. The molecule has 0 atom stereocenters. The number of thiazole rings is 1. The van der Waals surface area contributed by atoms with Crippen LogP contribution < -0.4 is 0 Å².